The molecule has 5 rings (SSSR count). The van der Waals surface area contributed by atoms with Crippen LogP contribution in [0.5, 0.6) is 0 Å². The Hall–Kier alpha value is -2.49. The Morgan fingerprint density at radius 1 is 1.19 bits per heavy atom. The number of amides is 3. The predicted octanol–water partition coefficient (Wildman–Crippen LogP) is 3.07. The van der Waals surface area contributed by atoms with E-state index in [9.17, 15) is 19.5 Å². The van der Waals surface area contributed by atoms with Crippen LogP contribution in [-0.4, -0.2) is 69.5 Å². The molecule has 9 heteroatoms. The van der Waals surface area contributed by atoms with Crippen LogP contribution in [-0.2, 0) is 19.1 Å². The number of alkyl halides is 1. The number of fused-ring (bicyclic) bond motifs is 2. The minimum Gasteiger partial charge on any atom is -0.394 e. The van der Waals surface area contributed by atoms with Gasteiger partial charge in [-0.15, -0.1) is 0 Å². The largest absolute Gasteiger partial charge is 0.394 e. The smallest absolute Gasteiger partial charge is 0.250 e. The van der Waals surface area contributed by atoms with E-state index in [1.807, 2.05) is 63.2 Å². The second-order valence-electron chi connectivity index (χ2n) is 10.7. The van der Waals surface area contributed by atoms with Crippen molar-refractivity contribution in [1.29, 1.82) is 0 Å². The monoisotopic (exact) mass is 571 g/mol. The average molecular weight is 573 g/mol. The number of hydrogen-bond acceptors (Lipinski definition) is 5. The summed E-state index contributed by atoms with van der Waals surface area (Å²) in [6, 6.07) is 12.0. The maximum Gasteiger partial charge on any atom is 0.250 e. The maximum absolute atomic E-state index is 14.1. The first kappa shape index (κ1) is 26.1. The summed E-state index contributed by atoms with van der Waals surface area (Å²) in [6.45, 7) is 6.00. The Labute approximate surface area is 225 Å². The van der Waals surface area contributed by atoms with Gasteiger partial charge in [0, 0.05) is 17.1 Å². The van der Waals surface area contributed by atoms with Gasteiger partial charge in [0.1, 0.15) is 11.6 Å². The summed E-state index contributed by atoms with van der Waals surface area (Å²) in [5.74, 6) is -2.50. The van der Waals surface area contributed by atoms with Crippen molar-refractivity contribution in [3.8, 4) is 0 Å². The molecule has 0 aromatic heterocycles. The third-order valence-corrected chi connectivity index (χ3v) is 9.00. The molecule has 2 aromatic carbocycles. The molecule has 3 amide bonds. The molecule has 3 N–H and O–H groups in total. The van der Waals surface area contributed by atoms with Crippen molar-refractivity contribution >= 4 is 50.1 Å². The third-order valence-electron chi connectivity index (χ3n) is 8.16. The SMILES string of the molecule is CCCNC(=O)[C@H]1[C@@H]2OC3(CC2Br)C(C(=O)Nc2ccc4ccccc4c2)N([C@@H](CO)C(C)C)C(=O)[C@H]13. The van der Waals surface area contributed by atoms with Crippen LogP contribution in [0.25, 0.3) is 10.8 Å². The van der Waals surface area contributed by atoms with Gasteiger partial charge in [-0.3, -0.25) is 14.4 Å². The van der Waals surface area contributed by atoms with Crippen LogP contribution in [0.1, 0.15) is 33.6 Å². The number of carbonyl (C=O) groups is 3. The molecular weight excluding hydrogens is 538 g/mol. The number of halogens is 1. The number of nitrogens with one attached hydrogen (secondary N) is 2. The zero-order valence-electron chi connectivity index (χ0n) is 21.3. The summed E-state index contributed by atoms with van der Waals surface area (Å²) in [5, 5.41) is 18.3. The first-order valence-electron chi connectivity index (χ1n) is 13.1. The van der Waals surface area contributed by atoms with Gasteiger partial charge in [-0.1, -0.05) is 67.0 Å². The van der Waals surface area contributed by atoms with Crippen LogP contribution in [0.15, 0.2) is 42.5 Å². The summed E-state index contributed by atoms with van der Waals surface area (Å²) in [7, 11) is 0. The highest BCUT2D eigenvalue weighted by Crippen LogP contribution is 2.60. The minimum atomic E-state index is -1.16. The predicted molar refractivity (Wildman–Crippen MR) is 144 cm³/mol. The van der Waals surface area contributed by atoms with Crippen molar-refractivity contribution in [2.45, 2.75) is 62.2 Å². The van der Waals surface area contributed by atoms with Crippen molar-refractivity contribution in [1.82, 2.24) is 10.2 Å². The van der Waals surface area contributed by atoms with Gasteiger partial charge in [0.15, 0.2) is 0 Å². The lowest BCUT2D eigenvalue weighted by Crippen LogP contribution is -2.57. The summed E-state index contributed by atoms with van der Waals surface area (Å²) < 4.78 is 6.51. The van der Waals surface area contributed by atoms with Crippen molar-refractivity contribution in [2.75, 3.05) is 18.5 Å². The molecule has 37 heavy (non-hydrogen) atoms. The molecule has 3 fully saturated rings. The number of aliphatic hydroxyl groups is 1. The average Bonchev–Trinajstić information content (AvgIpc) is 3.46. The minimum absolute atomic E-state index is 0.107. The van der Waals surface area contributed by atoms with Gasteiger partial charge in [0.2, 0.25) is 17.7 Å². The lowest BCUT2D eigenvalue weighted by Gasteiger charge is -2.38. The highest BCUT2D eigenvalue weighted by molar-refractivity contribution is 9.09. The molecule has 7 atom stereocenters. The molecule has 8 nitrogen and oxygen atoms in total. The number of nitrogens with zero attached hydrogens (tertiary/aromatic N) is 1. The van der Waals surface area contributed by atoms with Crippen molar-refractivity contribution in [3.05, 3.63) is 42.5 Å². The Morgan fingerprint density at radius 3 is 2.59 bits per heavy atom. The Kier molecular flexibility index (Phi) is 7.06. The molecule has 3 aliphatic heterocycles. The molecule has 1 spiro atoms. The van der Waals surface area contributed by atoms with Crippen LogP contribution in [0, 0.1) is 17.8 Å². The highest BCUT2D eigenvalue weighted by Gasteiger charge is 2.77. The molecule has 0 saturated carbocycles. The van der Waals surface area contributed by atoms with E-state index >= 15 is 0 Å². The van der Waals surface area contributed by atoms with Gasteiger partial charge >= 0.3 is 0 Å². The van der Waals surface area contributed by atoms with E-state index < -0.39 is 35.6 Å². The van der Waals surface area contributed by atoms with Crippen LogP contribution in [0.4, 0.5) is 5.69 Å². The number of aliphatic hydroxyl groups excluding tert-OH is 1. The Morgan fingerprint density at radius 2 is 1.92 bits per heavy atom. The van der Waals surface area contributed by atoms with Crippen molar-refractivity contribution in [3.63, 3.8) is 0 Å². The molecule has 3 aliphatic rings. The first-order chi connectivity index (χ1) is 17.7. The van der Waals surface area contributed by atoms with Gasteiger partial charge < -0.3 is 25.4 Å². The summed E-state index contributed by atoms with van der Waals surface area (Å²) in [6.07, 6.45) is 0.693. The third kappa shape index (κ3) is 4.15. The number of anilines is 1. The number of ether oxygens (including phenoxy) is 1. The molecule has 3 unspecified atom stereocenters. The van der Waals surface area contributed by atoms with E-state index in [1.54, 1.807) is 0 Å². The van der Waals surface area contributed by atoms with Crippen LogP contribution < -0.4 is 10.6 Å². The fourth-order valence-corrected chi connectivity index (χ4v) is 7.43. The molecule has 3 saturated heterocycles. The number of carbonyl (C=O) groups excluding carboxylic acids is 3. The second kappa shape index (κ2) is 10.0. The Balaban J connectivity index is 1.54. The number of benzene rings is 2. The molecule has 0 aliphatic carbocycles. The zero-order chi connectivity index (χ0) is 26.5. The molecule has 3 heterocycles. The Bertz CT molecular complexity index is 1220. The number of likely N-dealkylation sites (tertiary alicyclic amines) is 1. The second-order valence-corrected chi connectivity index (χ2v) is 11.9. The lowest BCUT2D eigenvalue weighted by atomic mass is 9.70. The topological polar surface area (TPSA) is 108 Å². The number of hydrogen-bond donors (Lipinski definition) is 3. The van der Waals surface area contributed by atoms with Crippen molar-refractivity contribution in [2.24, 2.45) is 17.8 Å². The zero-order valence-corrected chi connectivity index (χ0v) is 22.9. The van der Waals surface area contributed by atoms with Crippen molar-refractivity contribution < 1.29 is 24.2 Å². The standard InChI is InChI=1S/C28H34BrN3O5/c1-4-11-30-25(34)21-22-27(36)32(20(14-33)15(2)3)24(28(22)13-19(29)23(21)37-28)26(35)31-18-10-9-16-7-5-6-8-17(16)12-18/h5-10,12,15,19-24,33H,4,11,13-14H2,1-3H3,(H,30,34)(H,31,35)/t19?,20-,21+,22-,23+,24?,28?/m0/s1. The maximum atomic E-state index is 14.1. The molecule has 2 aromatic rings. The van der Waals surface area contributed by atoms with E-state index in [0.717, 1.165) is 17.2 Å². The highest BCUT2D eigenvalue weighted by atomic mass is 79.9. The molecule has 2 bridgehead atoms. The van der Waals surface area contributed by atoms with E-state index in [0.29, 0.717) is 18.7 Å². The van der Waals surface area contributed by atoms with E-state index in [-0.39, 0.29) is 35.1 Å². The van der Waals surface area contributed by atoms with Gasteiger partial charge in [-0.2, -0.15) is 0 Å². The van der Waals surface area contributed by atoms with Gasteiger partial charge in [0.05, 0.1) is 30.6 Å². The summed E-state index contributed by atoms with van der Waals surface area (Å²) in [5.41, 5.74) is -0.547. The van der Waals surface area contributed by atoms with Crippen LogP contribution >= 0.6 is 15.9 Å². The van der Waals surface area contributed by atoms with Gasteiger partial charge in [0.25, 0.3) is 0 Å². The number of rotatable bonds is 8. The molecular formula is C28H34BrN3O5. The fraction of sp³-hybridized carbons (Fsp3) is 0.536. The van der Waals surface area contributed by atoms with E-state index in [1.165, 1.54) is 4.90 Å². The fourth-order valence-electron chi connectivity index (χ4n) is 6.49. The van der Waals surface area contributed by atoms with Crippen LogP contribution in [0.3, 0.4) is 0 Å². The quantitative estimate of drug-likeness (QED) is 0.422. The normalized spacial score (nSPS) is 31.1. The molecule has 0 radical (unpaired) electrons. The van der Waals surface area contributed by atoms with Crippen LogP contribution in [0.2, 0.25) is 0 Å². The van der Waals surface area contributed by atoms with E-state index in [4.69, 9.17) is 4.74 Å². The lowest BCUT2D eigenvalue weighted by molar-refractivity contribution is -0.145. The first-order valence-corrected chi connectivity index (χ1v) is 14.0. The summed E-state index contributed by atoms with van der Waals surface area (Å²) in [4.78, 5) is 42.7. The van der Waals surface area contributed by atoms with Gasteiger partial charge in [-0.05, 0) is 41.7 Å². The van der Waals surface area contributed by atoms with E-state index in [2.05, 4.69) is 26.6 Å². The molecule has 198 valence electrons. The van der Waals surface area contributed by atoms with Gasteiger partial charge in [-0.25, -0.2) is 0 Å². The summed E-state index contributed by atoms with van der Waals surface area (Å²) >= 11 is 3.68.